The SMILES string of the molecule is CCC(=O)Oc1csc2cc(O)cc(C)c12. The van der Waals surface area contributed by atoms with Crippen LogP contribution in [0.25, 0.3) is 10.1 Å². The number of ether oxygens (including phenoxy) is 1. The first-order chi connectivity index (χ1) is 7.61. The van der Waals surface area contributed by atoms with E-state index >= 15 is 0 Å². The van der Waals surface area contributed by atoms with Gasteiger partial charge in [-0.1, -0.05) is 6.92 Å². The molecule has 1 aromatic carbocycles. The highest BCUT2D eigenvalue weighted by Crippen LogP contribution is 2.37. The first-order valence-electron chi connectivity index (χ1n) is 5.03. The molecule has 3 nitrogen and oxygen atoms in total. The molecule has 0 atom stereocenters. The second kappa shape index (κ2) is 4.14. The molecule has 1 aromatic heterocycles. The Morgan fingerprint density at radius 2 is 2.25 bits per heavy atom. The van der Waals surface area contributed by atoms with E-state index in [2.05, 4.69) is 0 Å². The molecule has 1 N–H and O–H groups in total. The highest BCUT2D eigenvalue weighted by Gasteiger charge is 2.11. The van der Waals surface area contributed by atoms with Crippen molar-refractivity contribution in [2.24, 2.45) is 0 Å². The Kier molecular flexibility index (Phi) is 2.83. The summed E-state index contributed by atoms with van der Waals surface area (Å²) in [5.41, 5.74) is 0.912. The van der Waals surface area contributed by atoms with Crippen LogP contribution in [0.3, 0.4) is 0 Å². The Balaban J connectivity index is 2.52. The molecule has 0 aliphatic heterocycles. The molecule has 2 aromatic rings. The third kappa shape index (κ3) is 1.88. The number of fused-ring (bicyclic) bond motifs is 1. The Labute approximate surface area is 97.3 Å². The predicted octanol–water partition coefficient (Wildman–Crippen LogP) is 3.23. The fourth-order valence-electron chi connectivity index (χ4n) is 1.59. The van der Waals surface area contributed by atoms with Crippen LogP contribution in [0.1, 0.15) is 18.9 Å². The Bertz CT molecular complexity index is 542. The minimum atomic E-state index is -0.243. The number of phenolic OH excluding ortho intramolecular Hbond substituents is 1. The minimum absolute atomic E-state index is 0.236. The number of aromatic hydroxyl groups is 1. The van der Waals surface area contributed by atoms with E-state index in [0.717, 1.165) is 15.6 Å². The van der Waals surface area contributed by atoms with Gasteiger partial charge in [0.2, 0.25) is 0 Å². The van der Waals surface area contributed by atoms with Crippen molar-refractivity contribution in [3.8, 4) is 11.5 Å². The number of rotatable bonds is 2. The molecule has 0 radical (unpaired) electrons. The van der Waals surface area contributed by atoms with Crippen molar-refractivity contribution in [3.63, 3.8) is 0 Å². The van der Waals surface area contributed by atoms with Gasteiger partial charge in [0.1, 0.15) is 11.5 Å². The van der Waals surface area contributed by atoms with Crippen LogP contribution in [0.15, 0.2) is 17.5 Å². The second-order valence-electron chi connectivity index (χ2n) is 3.56. The summed E-state index contributed by atoms with van der Waals surface area (Å²) in [6, 6.07) is 3.34. The Hall–Kier alpha value is -1.55. The minimum Gasteiger partial charge on any atom is -0.508 e. The zero-order valence-electron chi connectivity index (χ0n) is 9.11. The lowest BCUT2D eigenvalue weighted by Crippen LogP contribution is -2.04. The lowest BCUT2D eigenvalue weighted by Gasteiger charge is -2.03. The zero-order chi connectivity index (χ0) is 11.7. The van der Waals surface area contributed by atoms with Crippen LogP contribution in [0, 0.1) is 6.92 Å². The number of hydrogen-bond acceptors (Lipinski definition) is 4. The molecule has 0 saturated heterocycles. The second-order valence-corrected chi connectivity index (χ2v) is 4.47. The molecule has 16 heavy (non-hydrogen) atoms. The molecule has 0 aliphatic rings. The fraction of sp³-hybridized carbons (Fsp3) is 0.250. The number of benzene rings is 1. The summed E-state index contributed by atoms with van der Waals surface area (Å²) in [6.07, 6.45) is 0.356. The van der Waals surface area contributed by atoms with Gasteiger partial charge in [-0.2, -0.15) is 0 Å². The van der Waals surface area contributed by atoms with Gasteiger partial charge in [-0.25, -0.2) is 0 Å². The van der Waals surface area contributed by atoms with Crippen LogP contribution in [-0.2, 0) is 4.79 Å². The average Bonchev–Trinajstić information content (AvgIpc) is 2.61. The quantitative estimate of drug-likeness (QED) is 0.814. The van der Waals surface area contributed by atoms with Crippen LogP contribution < -0.4 is 4.74 Å². The van der Waals surface area contributed by atoms with Crippen molar-refractivity contribution < 1.29 is 14.6 Å². The molecular formula is C12H12O3S. The summed E-state index contributed by atoms with van der Waals surface area (Å²) >= 11 is 1.46. The number of phenols is 1. The number of esters is 1. The van der Waals surface area contributed by atoms with Crippen LogP contribution >= 0.6 is 11.3 Å². The summed E-state index contributed by atoms with van der Waals surface area (Å²) in [5, 5.41) is 12.2. The molecule has 0 unspecified atom stereocenters. The largest absolute Gasteiger partial charge is 0.508 e. The lowest BCUT2D eigenvalue weighted by atomic mass is 10.1. The monoisotopic (exact) mass is 236 g/mol. The summed E-state index contributed by atoms with van der Waals surface area (Å²) in [7, 11) is 0. The van der Waals surface area contributed by atoms with Gasteiger partial charge in [0, 0.05) is 21.9 Å². The highest BCUT2D eigenvalue weighted by atomic mass is 32.1. The van der Waals surface area contributed by atoms with Crippen LogP contribution in [-0.4, -0.2) is 11.1 Å². The van der Waals surface area contributed by atoms with Gasteiger partial charge in [0.25, 0.3) is 0 Å². The van der Waals surface area contributed by atoms with Crippen molar-refractivity contribution in [2.75, 3.05) is 0 Å². The molecule has 0 bridgehead atoms. The number of thiophene rings is 1. The van der Waals surface area contributed by atoms with Gasteiger partial charge in [0.15, 0.2) is 0 Å². The van der Waals surface area contributed by atoms with Gasteiger partial charge in [-0.3, -0.25) is 4.79 Å². The molecule has 84 valence electrons. The van der Waals surface area contributed by atoms with E-state index in [1.54, 1.807) is 24.4 Å². The van der Waals surface area contributed by atoms with E-state index in [1.807, 2.05) is 6.92 Å². The van der Waals surface area contributed by atoms with E-state index < -0.39 is 0 Å². The third-order valence-electron chi connectivity index (χ3n) is 2.34. The van der Waals surface area contributed by atoms with Gasteiger partial charge in [-0.05, 0) is 24.6 Å². The summed E-state index contributed by atoms with van der Waals surface area (Å²) in [6.45, 7) is 3.65. The van der Waals surface area contributed by atoms with Crippen molar-refractivity contribution >= 4 is 27.4 Å². The maximum absolute atomic E-state index is 11.2. The van der Waals surface area contributed by atoms with E-state index in [4.69, 9.17) is 4.74 Å². The van der Waals surface area contributed by atoms with Crippen molar-refractivity contribution in [2.45, 2.75) is 20.3 Å². The molecule has 0 amide bonds. The Morgan fingerprint density at radius 3 is 2.94 bits per heavy atom. The van der Waals surface area contributed by atoms with E-state index in [-0.39, 0.29) is 11.7 Å². The molecule has 0 spiro atoms. The molecule has 4 heteroatoms. The molecule has 1 heterocycles. The first kappa shape index (κ1) is 11.0. The van der Waals surface area contributed by atoms with E-state index in [9.17, 15) is 9.90 Å². The molecule has 0 saturated carbocycles. The van der Waals surface area contributed by atoms with Crippen LogP contribution in [0.5, 0.6) is 11.5 Å². The lowest BCUT2D eigenvalue weighted by molar-refractivity contribution is -0.133. The topological polar surface area (TPSA) is 46.5 Å². The van der Waals surface area contributed by atoms with Crippen molar-refractivity contribution in [1.29, 1.82) is 0 Å². The van der Waals surface area contributed by atoms with Gasteiger partial charge in [0.05, 0.1) is 0 Å². The Morgan fingerprint density at radius 1 is 1.50 bits per heavy atom. The van der Waals surface area contributed by atoms with Gasteiger partial charge in [-0.15, -0.1) is 11.3 Å². The van der Waals surface area contributed by atoms with Crippen molar-refractivity contribution in [3.05, 3.63) is 23.1 Å². The molecular weight excluding hydrogens is 224 g/mol. The number of carbonyl (C=O) groups is 1. The predicted molar refractivity (Wildman–Crippen MR) is 64.2 cm³/mol. The maximum Gasteiger partial charge on any atom is 0.310 e. The van der Waals surface area contributed by atoms with Crippen LogP contribution in [0.4, 0.5) is 0 Å². The average molecular weight is 236 g/mol. The molecule has 0 aliphatic carbocycles. The molecule has 2 rings (SSSR count). The summed E-state index contributed by atoms with van der Waals surface area (Å²) in [5.74, 6) is 0.580. The highest BCUT2D eigenvalue weighted by molar-refractivity contribution is 7.17. The van der Waals surface area contributed by atoms with Gasteiger partial charge >= 0.3 is 5.97 Å². The third-order valence-corrected chi connectivity index (χ3v) is 3.24. The maximum atomic E-state index is 11.2. The van der Waals surface area contributed by atoms with E-state index in [1.165, 1.54) is 11.3 Å². The van der Waals surface area contributed by atoms with Crippen molar-refractivity contribution in [1.82, 2.24) is 0 Å². The first-order valence-corrected chi connectivity index (χ1v) is 5.91. The summed E-state index contributed by atoms with van der Waals surface area (Å²) < 4.78 is 6.15. The van der Waals surface area contributed by atoms with E-state index in [0.29, 0.717) is 12.2 Å². The smallest absolute Gasteiger partial charge is 0.310 e. The number of hydrogen-bond donors (Lipinski definition) is 1. The van der Waals surface area contributed by atoms with Crippen LogP contribution in [0.2, 0.25) is 0 Å². The zero-order valence-corrected chi connectivity index (χ0v) is 9.93. The van der Waals surface area contributed by atoms with Gasteiger partial charge < -0.3 is 9.84 Å². The number of aryl methyl sites for hydroxylation is 1. The standard InChI is InChI=1S/C12H12O3S/c1-3-11(14)15-9-6-16-10-5-8(13)4-7(2)12(9)10/h4-6,13H,3H2,1-2H3. The normalized spacial score (nSPS) is 10.6. The number of carbonyl (C=O) groups excluding carboxylic acids is 1. The fourth-order valence-corrected chi connectivity index (χ4v) is 2.56. The molecule has 0 fully saturated rings. The summed E-state index contributed by atoms with van der Waals surface area (Å²) in [4.78, 5) is 11.2.